The molecular weight excluding hydrogens is 554 g/mol. The Labute approximate surface area is 261 Å². The number of carbonyl (C=O) groups excluding carboxylic acids is 3. The van der Waals surface area contributed by atoms with Gasteiger partial charge < -0.3 is 25.4 Å². The number of aromatic hydroxyl groups is 1. The number of unbranched alkanes of at least 4 members (excludes halogenated alkanes) is 2. The number of phenols is 1. The molecule has 0 bridgehead atoms. The number of hydrogen-bond donors (Lipinski definition) is 3. The maximum atomic E-state index is 14.6. The fourth-order valence-electron chi connectivity index (χ4n) is 4.94. The molecule has 3 aromatic carbocycles. The van der Waals surface area contributed by atoms with Crippen LogP contribution in [0.25, 0.3) is 0 Å². The van der Waals surface area contributed by atoms with E-state index in [-0.39, 0.29) is 18.1 Å². The van der Waals surface area contributed by atoms with Crippen molar-refractivity contribution >= 4 is 23.6 Å². The number of hydrogen-bond acceptors (Lipinski definition) is 5. The SMILES string of the molecule is CCCCCN(C(=O)C(Cc1ccc(O)cc1)NC(=O)OC(C)(C)C)C(C(=O)Nc1ccccc1C)c1ccc(C)c(C)c1. The Morgan fingerprint density at radius 3 is 2.18 bits per heavy atom. The zero-order chi connectivity index (χ0) is 32.4. The Hall–Kier alpha value is -4.33. The van der Waals surface area contributed by atoms with E-state index in [4.69, 9.17) is 4.74 Å². The monoisotopic (exact) mass is 601 g/mol. The number of rotatable bonds is 12. The highest BCUT2D eigenvalue weighted by atomic mass is 16.6. The van der Waals surface area contributed by atoms with Crippen molar-refractivity contribution in [1.82, 2.24) is 10.2 Å². The lowest BCUT2D eigenvalue weighted by Crippen LogP contribution is -2.53. The number of alkyl carbamates (subject to hydrolysis) is 1. The lowest BCUT2D eigenvalue weighted by Gasteiger charge is -2.35. The summed E-state index contributed by atoms with van der Waals surface area (Å²) in [6, 6.07) is 17.8. The molecule has 0 spiro atoms. The number of amides is 3. The van der Waals surface area contributed by atoms with Crippen LogP contribution in [0, 0.1) is 20.8 Å². The maximum absolute atomic E-state index is 14.6. The van der Waals surface area contributed by atoms with Crippen LogP contribution in [0.4, 0.5) is 10.5 Å². The first-order valence-corrected chi connectivity index (χ1v) is 15.3. The Balaban J connectivity index is 2.10. The molecule has 0 aliphatic carbocycles. The lowest BCUT2D eigenvalue weighted by atomic mass is 9.97. The third kappa shape index (κ3) is 9.86. The van der Waals surface area contributed by atoms with Gasteiger partial charge in [-0.25, -0.2) is 4.79 Å². The van der Waals surface area contributed by atoms with Crippen molar-refractivity contribution < 1.29 is 24.2 Å². The van der Waals surface area contributed by atoms with Crippen molar-refractivity contribution in [3.63, 3.8) is 0 Å². The number of ether oxygens (including phenoxy) is 1. The summed E-state index contributed by atoms with van der Waals surface area (Å²) in [5, 5.41) is 15.7. The van der Waals surface area contributed by atoms with Gasteiger partial charge in [0.2, 0.25) is 5.91 Å². The van der Waals surface area contributed by atoms with Crippen molar-refractivity contribution in [2.45, 2.75) is 91.8 Å². The van der Waals surface area contributed by atoms with Crippen molar-refractivity contribution in [3.8, 4) is 5.75 Å². The number of nitrogens with zero attached hydrogens (tertiary/aromatic N) is 1. The molecule has 3 rings (SSSR count). The Bertz CT molecular complexity index is 1430. The second-order valence-corrected chi connectivity index (χ2v) is 12.4. The van der Waals surface area contributed by atoms with Gasteiger partial charge in [-0.3, -0.25) is 9.59 Å². The first kappa shape index (κ1) is 34.2. The van der Waals surface area contributed by atoms with Crippen molar-refractivity contribution in [2.24, 2.45) is 0 Å². The van der Waals surface area contributed by atoms with Gasteiger partial charge >= 0.3 is 6.09 Å². The second kappa shape index (κ2) is 15.4. The van der Waals surface area contributed by atoms with Crippen molar-refractivity contribution in [2.75, 3.05) is 11.9 Å². The van der Waals surface area contributed by atoms with E-state index in [1.165, 1.54) is 12.1 Å². The van der Waals surface area contributed by atoms with Gasteiger partial charge in [-0.2, -0.15) is 0 Å². The third-order valence-electron chi connectivity index (χ3n) is 7.46. The number of aryl methyl sites for hydroxylation is 3. The Kier molecular flexibility index (Phi) is 12.0. The summed E-state index contributed by atoms with van der Waals surface area (Å²) in [4.78, 5) is 43.5. The lowest BCUT2D eigenvalue weighted by molar-refractivity contribution is -0.140. The van der Waals surface area contributed by atoms with E-state index < -0.39 is 29.7 Å². The van der Waals surface area contributed by atoms with E-state index in [2.05, 4.69) is 17.6 Å². The minimum Gasteiger partial charge on any atom is -0.508 e. The van der Waals surface area contributed by atoms with Gasteiger partial charge in [0.15, 0.2) is 0 Å². The molecule has 3 amide bonds. The van der Waals surface area contributed by atoms with Crippen LogP contribution in [0.5, 0.6) is 5.75 Å². The molecule has 8 nitrogen and oxygen atoms in total. The van der Waals surface area contributed by atoms with Gasteiger partial charge in [-0.15, -0.1) is 0 Å². The Morgan fingerprint density at radius 1 is 0.886 bits per heavy atom. The van der Waals surface area contributed by atoms with Crippen LogP contribution >= 0.6 is 0 Å². The minimum atomic E-state index is -1.03. The van der Waals surface area contributed by atoms with Gasteiger partial charge in [-0.1, -0.05) is 68.3 Å². The number of benzene rings is 3. The molecule has 3 aromatic rings. The summed E-state index contributed by atoms with van der Waals surface area (Å²) < 4.78 is 5.53. The van der Waals surface area contributed by atoms with Crippen LogP contribution in [0.1, 0.15) is 80.8 Å². The molecular formula is C36H47N3O5. The first-order valence-electron chi connectivity index (χ1n) is 15.3. The zero-order valence-electron chi connectivity index (χ0n) is 27.1. The number of para-hydroxylation sites is 1. The standard InChI is InChI=1S/C36H47N3O5/c1-8-9-12-21-39(34(42)31(38-35(43)44-36(5,6)7)23-27-16-19-29(40)20-17-27)32(28-18-15-24(2)26(4)22-28)33(41)37-30-14-11-10-13-25(30)3/h10-11,13-20,22,31-32,40H,8-9,12,21,23H2,1-7H3,(H,37,41)(H,38,43). The minimum absolute atomic E-state index is 0.0978. The number of carbonyl (C=O) groups is 3. The summed E-state index contributed by atoms with van der Waals surface area (Å²) in [5.41, 5.74) is 4.30. The Morgan fingerprint density at radius 2 is 1.57 bits per heavy atom. The van der Waals surface area contributed by atoms with E-state index in [0.717, 1.165) is 35.1 Å². The highest BCUT2D eigenvalue weighted by molar-refractivity contribution is 5.99. The molecule has 0 radical (unpaired) electrons. The average Bonchev–Trinajstić information content (AvgIpc) is 2.95. The molecule has 0 saturated heterocycles. The highest BCUT2D eigenvalue weighted by Crippen LogP contribution is 2.28. The van der Waals surface area contributed by atoms with E-state index >= 15 is 0 Å². The number of anilines is 1. The molecule has 2 atom stereocenters. The molecule has 0 aliphatic heterocycles. The van der Waals surface area contributed by atoms with E-state index in [1.807, 2.05) is 63.2 Å². The molecule has 2 unspecified atom stereocenters. The fraction of sp³-hybridized carbons (Fsp3) is 0.417. The topological polar surface area (TPSA) is 108 Å². The number of phenolic OH excluding ortho intramolecular Hbond substituents is 1. The van der Waals surface area contributed by atoms with E-state index in [9.17, 15) is 19.5 Å². The predicted molar refractivity (Wildman–Crippen MR) is 175 cm³/mol. The van der Waals surface area contributed by atoms with Gasteiger partial charge in [0.1, 0.15) is 23.4 Å². The van der Waals surface area contributed by atoms with Crippen LogP contribution in [0.15, 0.2) is 66.7 Å². The van der Waals surface area contributed by atoms with E-state index in [0.29, 0.717) is 24.2 Å². The molecule has 0 fully saturated rings. The van der Waals surface area contributed by atoms with Gasteiger partial charge in [0.05, 0.1) is 0 Å². The zero-order valence-corrected chi connectivity index (χ0v) is 27.1. The van der Waals surface area contributed by atoms with Crippen LogP contribution in [0.3, 0.4) is 0 Å². The smallest absolute Gasteiger partial charge is 0.408 e. The van der Waals surface area contributed by atoms with Crippen molar-refractivity contribution in [3.05, 3.63) is 94.5 Å². The molecule has 8 heteroatoms. The van der Waals surface area contributed by atoms with Crippen molar-refractivity contribution in [1.29, 1.82) is 0 Å². The normalized spacial score (nSPS) is 12.6. The van der Waals surface area contributed by atoms with Crippen LogP contribution < -0.4 is 10.6 Å². The van der Waals surface area contributed by atoms with E-state index in [1.54, 1.807) is 37.8 Å². The summed E-state index contributed by atoms with van der Waals surface area (Å²) in [7, 11) is 0. The van der Waals surface area contributed by atoms with Gasteiger partial charge in [-0.05, 0) is 94.0 Å². The molecule has 0 saturated carbocycles. The molecule has 0 aromatic heterocycles. The molecule has 0 heterocycles. The fourth-order valence-corrected chi connectivity index (χ4v) is 4.94. The first-order chi connectivity index (χ1) is 20.8. The van der Waals surface area contributed by atoms with Crippen LogP contribution in [-0.4, -0.2) is 46.1 Å². The van der Waals surface area contributed by atoms with Crippen LogP contribution in [0.2, 0.25) is 0 Å². The third-order valence-corrected chi connectivity index (χ3v) is 7.46. The van der Waals surface area contributed by atoms with Gasteiger partial charge in [0.25, 0.3) is 5.91 Å². The quantitative estimate of drug-likeness (QED) is 0.191. The molecule has 236 valence electrons. The predicted octanol–water partition coefficient (Wildman–Crippen LogP) is 7.15. The highest BCUT2D eigenvalue weighted by Gasteiger charge is 2.36. The summed E-state index contributed by atoms with van der Waals surface area (Å²) in [5.74, 6) is -0.642. The van der Waals surface area contributed by atoms with Crippen LogP contribution in [-0.2, 0) is 20.7 Å². The summed E-state index contributed by atoms with van der Waals surface area (Å²) in [6.45, 7) is 13.6. The summed E-state index contributed by atoms with van der Waals surface area (Å²) >= 11 is 0. The van der Waals surface area contributed by atoms with Gasteiger partial charge in [0, 0.05) is 18.7 Å². The molecule has 0 aliphatic rings. The average molecular weight is 602 g/mol. The second-order valence-electron chi connectivity index (χ2n) is 12.4. The largest absolute Gasteiger partial charge is 0.508 e. The maximum Gasteiger partial charge on any atom is 0.408 e. The molecule has 44 heavy (non-hydrogen) atoms. The number of nitrogens with one attached hydrogen (secondary N) is 2. The molecule has 3 N–H and O–H groups in total. The summed E-state index contributed by atoms with van der Waals surface area (Å²) in [6.07, 6.45) is 1.89.